The van der Waals surface area contributed by atoms with E-state index >= 15 is 0 Å². The summed E-state index contributed by atoms with van der Waals surface area (Å²) in [6, 6.07) is 26.4. The molecule has 3 aromatic carbocycles. The minimum absolute atomic E-state index is 0.247. The van der Waals surface area contributed by atoms with Gasteiger partial charge in [-0.15, -0.1) is 0 Å². The SMILES string of the molecule is O=S(=O)(N[C@@H](CNCCc1ccccc1)c1ccccc1)c1ccc2cnccc2c1. The van der Waals surface area contributed by atoms with E-state index < -0.39 is 10.0 Å². The van der Waals surface area contributed by atoms with Crippen molar-refractivity contribution in [2.75, 3.05) is 13.1 Å². The number of aromatic nitrogens is 1. The van der Waals surface area contributed by atoms with Crippen molar-refractivity contribution in [2.45, 2.75) is 17.4 Å². The van der Waals surface area contributed by atoms with Gasteiger partial charge in [-0.25, -0.2) is 13.1 Å². The van der Waals surface area contributed by atoms with Gasteiger partial charge in [0.25, 0.3) is 0 Å². The molecule has 0 unspecified atom stereocenters. The van der Waals surface area contributed by atoms with E-state index in [0.717, 1.165) is 29.3 Å². The van der Waals surface area contributed by atoms with Gasteiger partial charge in [0.05, 0.1) is 10.9 Å². The number of sulfonamides is 1. The normalized spacial score (nSPS) is 12.6. The summed E-state index contributed by atoms with van der Waals surface area (Å²) in [6.07, 6.45) is 4.27. The van der Waals surface area contributed by atoms with Gasteiger partial charge in [0.1, 0.15) is 0 Å². The number of nitrogens with one attached hydrogen (secondary N) is 2. The summed E-state index contributed by atoms with van der Waals surface area (Å²) in [5.74, 6) is 0. The maximum absolute atomic E-state index is 13.2. The first-order valence-electron chi connectivity index (χ1n) is 10.3. The van der Waals surface area contributed by atoms with E-state index in [4.69, 9.17) is 0 Å². The van der Waals surface area contributed by atoms with E-state index in [1.807, 2.05) is 54.6 Å². The van der Waals surface area contributed by atoms with Gasteiger partial charge >= 0.3 is 0 Å². The molecule has 0 saturated carbocycles. The Morgan fingerprint density at radius 3 is 2.35 bits per heavy atom. The van der Waals surface area contributed by atoms with Crippen molar-refractivity contribution in [3.05, 3.63) is 108 Å². The molecule has 4 aromatic rings. The third kappa shape index (κ3) is 5.55. The number of nitrogens with zero attached hydrogens (tertiary/aromatic N) is 1. The minimum Gasteiger partial charge on any atom is -0.314 e. The third-order valence-corrected chi connectivity index (χ3v) is 6.67. The molecule has 4 rings (SSSR count). The zero-order chi connectivity index (χ0) is 21.5. The van der Waals surface area contributed by atoms with Crippen molar-refractivity contribution in [2.24, 2.45) is 0 Å². The fraction of sp³-hybridized carbons (Fsp3) is 0.160. The summed E-state index contributed by atoms with van der Waals surface area (Å²) in [5.41, 5.74) is 2.17. The molecule has 0 amide bonds. The summed E-state index contributed by atoms with van der Waals surface area (Å²) in [5, 5.41) is 5.15. The highest BCUT2D eigenvalue weighted by molar-refractivity contribution is 7.89. The zero-order valence-electron chi connectivity index (χ0n) is 17.1. The van der Waals surface area contributed by atoms with Crippen LogP contribution in [0, 0.1) is 0 Å². The standard InChI is InChI=1S/C25H25N3O2S/c29-31(30,24-12-11-23-18-26-16-14-22(23)17-24)28-25(21-9-5-2-6-10-21)19-27-15-13-20-7-3-1-4-8-20/h1-12,14,16-18,25,27-28H,13,15,19H2/t25-/m0/s1. The fourth-order valence-corrected chi connectivity index (χ4v) is 4.78. The maximum Gasteiger partial charge on any atom is 0.241 e. The van der Waals surface area contributed by atoms with Gasteiger partial charge in [-0.2, -0.15) is 0 Å². The first kappa shape index (κ1) is 21.2. The molecule has 0 bridgehead atoms. The molecule has 0 aliphatic heterocycles. The Morgan fingerprint density at radius 2 is 1.58 bits per heavy atom. The summed E-state index contributed by atoms with van der Waals surface area (Å²) >= 11 is 0. The Morgan fingerprint density at radius 1 is 0.839 bits per heavy atom. The Balaban J connectivity index is 1.49. The molecule has 0 saturated heterocycles. The number of fused-ring (bicyclic) bond motifs is 1. The van der Waals surface area contributed by atoms with Crippen LogP contribution in [0.25, 0.3) is 10.8 Å². The maximum atomic E-state index is 13.2. The quantitative estimate of drug-likeness (QED) is 0.392. The van der Waals surface area contributed by atoms with Gasteiger partial charge in [-0.3, -0.25) is 4.98 Å². The molecular formula is C25H25N3O2S. The lowest BCUT2D eigenvalue weighted by atomic mass is 10.1. The molecule has 0 aliphatic carbocycles. The predicted molar refractivity (Wildman–Crippen MR) is 124 cm³/mol. The molecule has 0 radical (unpaired) electrons. The van der Waals surface area contributed by atoms with E-state index in [9.17, 15) is 8.42 Å². The van der Waals surface area contributed by atoms with Gasteiger partial charge in [0.2, 0.25) is 10.0 Å². The largest absolute Gasteiger partial charge is 0.314 e. The average Bonchev–Trinajstić information content (AvgIpc) is 2.82. The molecule has 0 aliphatic rings. The summed E-state index contributed by atoms with van der Waals surface area (Å²) in [7, 11) is -3.70. The van der Waals surface area contributed by atoms with Gasteiger partial charge in [-0.1, -0.05) is 66.7 Å². The van der Waals surface area contributed by atoms with Crippen LogP contribution < -0.4 is 10.0 Å². The van der Waals surface area contributed by atoms with E-state index in [2.05, 4.69) is 27.2 Å². The van der Waals surface area contributed by atoms with Crippen LogP contribution in [0.5, 0.6) is 0 Å². The fourth-order valence-electron chi connectivity index (χ4n) is 3.52. The molecule has 0 spiro atoms. The highest BCUT2D eigenvalue weighted by atomic mass is 32.2. The Labute approximate surface area is 183 Å². The van der Waals surface area contributed by atoms with Gasteiger partial charge < -0.3 is 5.32 Å². The van der Waals surface area contributed by atoms with Crippen molar-refractivity contribution in [3.63, 3.8) is 0 Å². The molecule has 0 fully saturated rings. The first-order valence-corrected chi connectivity index (χ1v) is 11.8. The Hall–Kier alpha value is -3.06. The van der Waals surface area contributed by atoms with Crippen LogP contribution >= 0.6 is 0 Å². The molecular weight excluding hydrogens is 406 g/mol. The number of rotatable bonds is 9. The molecule has 6 heteroatoms. The first-order chi connectivity index (χ1) is 15.1. The van der Waals surface area contributed by atoms with E-state index in [1.165, 1.54) is 5.56 Å². The summed E-state index contributed by atoms with van der Waals surface area (Å²) in [6.45, 7) is 1.26. The van der Waals surface area contributed by atoms with Crippen LogP contribution in [0.4, 0.5) is 0 Å². The molecule has 31 heavy (non-hydrogen) atoms. The average molecular weight is 432 g/mol. The highest BCUT2D eigenvalue weighted by Gasteiger charge is 2.21. The monoisotopic (exact) mass is 431 g/mol. The number of hydrogen-bond acceptors (Lipinski definition) is 4. The molecule has 1 atom stereocenters. The lowest BCUT2D eigenvalue weighted by Crippen LogP contribution is -2.36. The molecule has 5 nitrogen and oxygen atoms in total. The topological polar surface area (TPSA) is 71.1 Å². The van der Waals surface area contributed by atoms with Crippen LogP contribution in [-0.4, -0.2) is 26.5 Å². The molecule has 158 valence electrons. The van der Waals surface area contributed by atoms with Crippen molar-refractivity contribution < 1.29 is 8.42 Å². The summed E-state index contributed by atoms with van der Waals surface area (Å²) in [4.78, 5) is 4.33. The second kappa shape index (κ2) is 9.83. The number of benzene rings is 3. The van der Waals surface area contributed by atoms with Crippen LogP contribution in [0.15, 0.2) is 102 Å². The lowest BCUT2D eigenvalue weighted by Gasteiger charge is -2.20. The molecule has 1 aromatic heterocycles. The van der Waals surface area contributed by atoms with E-state index in [-0.39, 0.29) is 10.9 Å². The summed E-state index contributed by atoms with van der Waals surface area (Å²) < 4.78 is 29.2. The van der Waals surface area contributed by atoms with E-state index in [0.29, 0.717) is 6.54 Å². The van der Waals surface area contributed by atoms with Crippen LogP contribution in [0.3, 0.4) is 0 Å². The van der Waals surface area contributed by atoms with Crippen molar-refractivity contribution in [1.29, 1.82) is 0 Å². The zero-order valence-corrected chi connectivity index (χ0v) is 17.9. The number of pyridine rings is 1. The van der Waals surface area contributed by atoms with Crippen molar-refractivity contribution in [3.8, 4) is 0 Å². The minimum atomic E-state index is -3.70. The third-order valence-electron chi connectivity index (χ3n) is 5.20. The second-order valence-corrected chi connectivity index (χ2v) is 9.12. The van der Waals surface area contributed by atoms with Crippen molar-refractivity contribution in [1.82, 2.24) is 15.0 Å². The smallest absolute Gasteiger partial charge is 0.241 e. The molecule has 1 heterocycles. The Kier molecular flexibility index (Phi) is 6.72. The predicted octanol–water partition coefficient (Wildman–Crippen LogP) is 4.09. The molecule has 2 N–H and O–H groups in total. The van der Waals surface area contributed by atoms with Gasteiger partial charge in [0, 0.05) is 24.3 Å². The van der Waals surface area contributed by atoms with Crippen molar-refractivity contribution >= 4 is 20.8 Å². The van der Waals surface area contributed by atoms with Crippen LogP contribution in [-0.2, 0) is 16.4 Å². The van der Waals surface area contributed by atoms with Gasteiger partial charge in [-0.05, 0) is 47.7 Å². The van der Waals surface area contributed by atoms with Gasteiger partial charge in [0.15, 0.2) is 0 Å². The second-order valence-electron chi connectivity index (χ2n) is 7.41. The number of hydrogen-bond donors (Lipinski definition) is 2. The Bertz CT molecular complexity index is 1230. The van der Waals surface area contributed by atoms with Crippen LogP contribution in [0.1, 0.15) is 17.2 Å². The highest BCUT2D eigenvalue weighted by Crippen LogP contribution is 2.21. The van der Waals surface area contributed by atoms with Crippen LogP contribution in [0.2, 0.25) is 0 Å². The lowest BCUT2D eigenvalue weighted by molar-refractivity contribution is 0.529. The van der Waals surface area contributed by atoms with E-state index in [1.54, 1.807) is 30.6 Å².